The second-order valence-corrected chi connectivity index (χ2v) is 6.71. The van der Waals surface area contributed by atoms with Gasteiger partial charge in [-0.15, -0.1) is 0 Å². The second-order valence-electron chi connectivity index (χ2n) is 6.28. The number of anilines is 1. The predicted molar refractivity (Wildman–Crippen MR) is 77.7 cm³/mol. The summed E-state index contributed by atoms with van der Waals surface area (Å²) in [6, 6.07) is 3.87. The van der Waals surface area contributed by atoms with Crippen molar-refractivity contribution < 1.29 is 4.79 Å². The van der Waals surface area contributed by atoms with E-state index in [1.807, 2.05) is 12.1 Å². The van der Waals surface area contributed by atoms with Crippen LogP contribution in [-0.2, 0) is 4.79 Å². The van der Waals surface area contributed by atoms with Gasteiger partial charge in [0.05, 0.1) is 5.02 Å². The van der Waals surface area contributed by atoms with E-state index in [0.717, 1.165) is 44.8 Å². The number of rotatable bonds is 2. The lowest BCUT2D eigenvalue weighted by Crippen LogP contribution is -2.34. The molecular formula is C15H18ClN3O. The Morgan fingerprint density at radius 1 is 1.15 bits per heavy atom. The van der Waals surface area contributed by atoms with Crippen LogP contribution < -0.4 is 4.90 Å². The first kappa shape index (κ1) is 12.5. The quantitative estimate of drug-likeness (QED) is 0.837. The summed E-state index contributed by atoms with van der Waals surface area (Å²) < 4.78 is 0. The number of aromatic nitrogens is 1. The minimum Gasteiger partial charge on any atom is -0.356 e. The van der Waals surface area contributed by atoms with Gasteiger partial charge in [0.1, 0.15) is 5.82 Å². The summed E-state index contributed by atoms with van der Waals surface area (Å²) in [7, 11) is 0. The van der Waals surface area contributed by atoms with Crippen molar-refractivity contribution in [2.45, 2.75) is 12.8 Å². The minimum atomic E-state index is 0.350. The summed E-state index contributed by atoms with van der Waals surface area (Å²) >= 11 is 5.88. The Bertz CT molecular complexity index is 514. The molecule has 2 saturated heterocycles. The van der Waals surface area contributed by atoms with Crippen LogP contribution in [0.4, 0.5) is 5.82 Å². The van der Waals surface area contributed by atoms with Gasteiger partial charge in [0.25, 0.3) is 0 Å². The van der Waals surface area contributed by atoms with Gasteiger partial charge in [-0.1, -0.05) is 11.6 Å². The molecule has 0 spiro atoms. The van der Waals surface area contributed by atoms with E-state index in [1.54, 1.807) is 6.20 Å². The molecule has 0 radical (unpaired) electrons. The van der Waals surface area contributed by atoms with Crippen molar-refractivity contribution in [3.63, 3.8) is 0 Å². The molecule has 3 fully saturated rings. The van der Waals surface area contributed by atoms with Crippen molar-refractivity contribution in [1.82, 2.24) is 9.88 Å². The zero-order chi connectivity index (χ0) is 13.7. The van der Waals surface area contributed by atoms with E-state index < -0.39 is 0 Å². The minimum absolute atomic E-state index is 0.350. The van der Waals surface area contributed by atoms with Gasteiger partial charge in [0.15, 0.2) is 0 Å². The fourth-order valence-corrected chi connectivity index (χ4v) is 3.62. The summed E-state index contributed by atoms with van der Waals surface area (Å²) in [4.78, 5) is 20.9. The summed E-state index contributed by atoms with van der Waals surface area (Å²) in [6.45, 7) is 3.88. The Morgan fingerprint density at radius 2 is 1.85 bits per heavy atom. The Morgan fingerprint density at radius 3 is 2.40 bits per heavy atom. The smallest absolute Gasteiger partial charge is 0.225 e. The fraction of sp³-hybridized carbons (Fsp3) is 0.600. The van der Waals surface area contributed by atoms with Gasteiger partial charge in [-0.05, 0) is 25.0 Å². The van der Waals surface area contributed by atoms with Gasteiger partial charge < -0.3 is 9.80 Å². The molecule has 1 amide bonds. The molecule has 4 rings (SSSR count). The highest BCUT2D eigenvalue weighted by Crippen LogP contribution is 2.37. The van der Waals surface area contributed by atoms with E-state index in [4.69, 9.17) is 11.6 Å². The molecule has 1 aromatic heterocycles. The lowest BCUT2D eigenvalue weighted by molar-refractivity contribution is -0.131. The van der Waals surface area contributed by atoms with Crippen molar-refractivity contribution in [1.29, 1.82) is 0 Å². The van der Waals surface area contributed by atoms with E-state index in [0.29, 0.717) is 28.7 Å². The number of nitrogens with zero attached hydrogens (tertiary/aromatic N) is 3. The molecule has 20 heavy (non-hydrogen) atoms. The van der Waals surface area contributed by atoms with Gasteiger partial charge in [0, 0.05) is 50.1 Å². The molecule has 0 N–H and O–H groups in total. The van der Waals surface area contributed by atoms with Crippen LogP contribution in [0.2, 0.25) is 5.02 Å². The highest BCUT2D eigenvalue weighted by atomic mass is 35.5. The first-order valence-corrected chi connectivity index (χ1v) is 7.74. The van der Waals surface area contributed by atoms with Crippen molar-refractivity contribution in [3.05, 3.63) is 23.4 Å². The van der Waals surface area contributed by atoms with Gasteiger partial charge in [0.2, 0.25) is 5.91 Å². The number of hydrogen-bond acceptors (Lipinski definition) is 3. The summed E-state index contributed by atoms with van der Waals surface area (Å²) in [5.74, 6) is 2.97. The summed E-state index contributed by atoms with van der Waals surface area (Å²) in [5, 5.41) is 0.675. The largest absolute Gasteiger partial charge is 0.356 e. The van der Waals surface area contributed by atoms with Crippen LogP contribution in [0.3, 0.4) is 0 Å². The molecule has 2 unspecified atom stereocenters. The van der Waals surface area contributed by atoms with Crippen LogP contribution in [-0.4, -0.2) is 42.0 Å². The maximum Gasteiger partial charge on any atom is 0.225 e. The predicted octanol–water partition coefficient (Wildman–Crippen LogP) is 2.04. The Balaban J connectivity index is 1.41. The highest BCUT2D eigenvalue weighted by Gasteiger charge is 2.44. The second kappa shape index (κ2) is 4.62. The average Bonchev–Trinajstić information content (AvgIpc) is 3.10. The van der Waals surface area contributed by atoms with Crippen molar-refractivity contribution >= 4 is 23.3 Å². The lowest BCUT2D eigenvalue weighted by atomic mass is 10.0. The van der Waals surface area contributed by atoms with Gasteiger partial charge >= 0.3 is 0 Å². The van der Waals surface area contributed by atoms with Crippen molar-refractivity contribution in [2.24, 2.45) is 17.8 Å². The van der Waals surface area contributed by atoms with Crippen LogP contribution in [0.15, 0.2) is 18.3 Å². The molecule has 2 atom stereocenters. The van der Waals surface area contributed by atoms with Crippen molar-refractivity contribution in [3.8, 4) is 0 Å². The number of amides is 1. The standard InChI is InChI=1S/C15H18ClN3O/c16-13-3-4-14(17-5-13)18-6-11-8-19(9-12(11)7-18)15(20)10-1-2-10/h3-5,10-12H,1-2,6-9H2. The first-order chi connectivity index (χ1) is 9.70. The molecule has 3 heterocycles. The van der Waals surface area contributed by atoms with Crippen LogP contribution in [0.5, 0.6) is 0 Å². The molecular weight excluding hydrogens is 274 g/mol. The first-order valence-electron chi connectivity index (χ1n) is 7.36. The van der Waals surface area contributed by atoms with E-state index in [-0.39, 0.29) is 0 Å². The van der Waals surface area contributed by atoms with Gasteiger partial charge in [-0.2, -0.15) is 0 Å². The number of carbonyl (C=O) groups is 1. The zero-order valence-electron chi connectivity index (χ0n) is 11.3. The van der Waals surface area contributed by atoms with Crippen LogP contribution >= 0.6 is 11.6 Å². The van der Waals surface area contributed by atoms with E-state index in [2.05, 4.69) is 14.8 Å². The Hall–Kier alpha value is -1.29. The number of carbonyl (C=O) groups excluding carboxylic acids is 1. The third kappa shape index (κ3) is 2.16. The fourth-order valence-electron chi connectivity index (χ4n) is 3.50. The zero-order valence-corrected chi connectivity index (χ0v) is 12.1. The SMILES string of the molecule is O=C(C1CC1)N1CC2CN(c3ccc(Cl)cn3)CC2C1. The van der Waals surface area contributed by atoms with Gasteiger partial charge in [-0.25, -0.2) is 4.98 Å². The monoisotopic (exact) mass is 291 g/mol. The maximum atomic E-state index is 12.1. The Labute approximate surface area is 123 Å². The molecule has 0 bridgehead atoms. The average molecular weight is 292 g/mol. The Kier molecular flexibility index (Phi) is 2.88. The number of likely N-dealkylation sites (tertiary alicyclic amines) is 1. The van der Waals surface area contributed by atoms with Crippen molar-refractivity contribution in [2.75, 3.05) is 31.1 Å². The highest BCUT2D eigenvalue weighted by molar-refractivity contribution is 6.30. The molecule has 1 aromatic rings. The molecule has 1 aliphatic carbocycles. The van der Waals surface area contributed by atoms with E-state index in [1.165, 1.54) is 0 Å². The van der Waals surface area contributed by atoms with E-state index in [9.17, 15) is 4.79 Å². The summed E-state index contributed by atoms with van der Waals surface area (Å²) in [5.41, 5.74) is 0. The molecule has 1 saturated carbocycles. The molecule has 3 aliphatic rings. The van der Waals surface area contributed by atoms with Crippen LogP contribution in [0, 0.1) is 17.8 Å². The topological polar surface area (TPSA) is 36.4 Å². The number of halogens is 1. The third-order valence-corrected chi connectivity index (χ3v) is 4.98. The van der Waals surface area contributed by atoms with Gasteiger partial charge in [-0.3, -0.25) is 4.79 Å². The van der Waals surface area contributed by atoms with Crippen LogP contribution in [0.1, 0.15) is 12.8 Å². The van der Waals surface area contributed by atoms with E-state index >= 15 is 0 Å². The molecule has 106 valence electrons. The lowest BCUT2D eigenvalue weighted by Gasteiger charge is -2.22. The maximum absolute atomic E-state index is 12.1. The molecule has 0 aromatic carbocycles. The third-order valence-electron chi connectivity index (χ3n) is 4.76. The molecule has 4 nitrogen and oxygen atoms in total. The van der Waals surface area contributed by atoms with Crippen LogP contribution in [0.25, 0.3) is 0 Å². The number of hydrogen-bond donors (Lipinski definition) is 0. The number of pyridine rings is 1. The number of fused-ring (bicyclic) bond motifs is 1. The summed E-state index contributed by atoms with van der Waals surface area (Å²) in [6.07, 6.45) is 3.91. The normalized spacial score (nSPS) is 28.9. The molecule has 5 heteroatoms. The molecule has 2 aliphatic heterocycles.